The van der Waals surface area contributed by atoms with Crippen LogP contribution in [-0.2, 0) is 4.79 Å². The third kappa shape index (κ3) is 3.14. The topological polar surface area (TPSA) is 71.0 Å². The molecule has 0 spiro atoms. The van der Waals surface area contributed by atoms with Crippen LogP contribution < -0.4 is 19.7 Å². The summed E-state index contributed by atoms with van der Waals surface area (Å²) in [5.74, 6) is 0.585. The van der Waals surface area contributed by atoms with E-state index in [1.54, 1.807) is 49.6 Å². The van der Waals surface area contributed by atoms with Crippen molar-refractivity contribution in [3.05, 3.63) is 53.7 Å². The van der Waals surface area contributed by atoms with E-state index in [4.69, 9.17) is 21.7 Å². The fraction of sp³-hybridized carbons (Fsp3) is 0.111. The van der Waals surface area contributed by atoms with E-state index in [-0.39, 0.29) is 22.5 Å². The molecule has 25 heavy (non-hydrogen) atoms. The highest BCUT2D eigenvalue weighted by molar-refractivity contribution is 7.80. The van der Waals surface area contributed by atoms with E-state index in [2.05, 4.69) is 5.32 Å². The smallest absolute Gasteiger partial charge is 0.281 e. The quantitative estimate of drug-likeness (QED) is 0.648. The predicted octanol–water partition coefficient (Wildman–Crippen LogP) is 2.67. The van der Waals surface area contributed by atoms with Crippen LogP contribution in [0.5, 0.6) is 17.2 Å². The number of hydrogen-bond acceptors (Lipinski definition) is 5. The van der Waals surface area contributed by atoms with E-state index in [9.17, 15) is 9.90 Å². The molecule has 0 radical (unpaired) electrons. The van der Waals surface area contributed by atoms with Crippen LogP contribution in [-0.4, -0.2) is 30.3 Å². The Balaban J connectivity index is 1.96. The number of hydrogen-bond donors (Lipinski definition) is 2. The molecule has 0 aromatic heterocycles. The molecule has 1 fully saturated rings. The van der Waals surface area contributed by atoms with Crippen molar-refractivity contribution in [3.63, 3.8) is 0 Å². The predicted molar refractivity (Wildman–Crippen MR) is 98.8 cm³/mol. The average Bonchev–Trinajstić information content (AvgIpc) is 2.90. The van der Waals surface area contributed by atoms with E-state index >= 15 is 0 Å². The number of carbonyl (C=O) groups excluding carboxylic acids is 1. The van der Waals surface area contributed by atoms with E-state index in [1.165, 1.54) is 18.1 Å². The minimum absolute atomic E-state index is 0.0437. The van der Waals surface area contributed by atoms with Gasteiger partial charge in [-0.05, 0) is 36.5 Å². The van der Waals surface area contributed by atoms with Gasteiger partial charge in [-0.25, -0.2) is 0 Å². The van der Waals surface area contributed by atoms with Gasteiger partial charge in [-0.2, -0.15) is 0 Å². The number of rotatable bonds is 4. The summed E-state index contributed by atoms with van der Waals surface area (Å²) in [6, 6.07) is 12.1. The largest absolute Gasteiger partial charge is 0.504 e. The van der Waals surface area contributed by atoms with Gasteiger partial charge < -0.3 is 19.9 Å². The first-order valence-corrected chi connectivity index (χ1v) is 7.83. The molecule has 2 aromatic rings. The molecule has 1 amide bonds. The lowest BCUT2D eigenvalue weighted by Gasteiger charge is -2.14. The Morgan fingerprint density at radius 1 is 1.16 bits per heavy atom. The van der Waals surface area contributed by atoms with Gasteiger partial charge in [0.05, 0.1) is 19.9 Å². The van der Waals surface area contributed by atoms with Gasteiger partial charge >= 0.3 is 0 Å². The molecule has 0 saturated carbocycles. The summed E-state index contributed by atoms with van der Waals surface area (Å²) in [6.45, 7) is 0. The fourth-order valence-electron chi connectivity index (χ4n) is 2.50. The second-order valence-corrected chi connectivity index (χ2v) is 5.62. The van der Waals surface area contributed by atoms with Crippen molar-refractivity contribution in [1.29, 1.82) is 0 Å². The number of thiocarbonyl (C=S) groups is 1. The zero-order chi connectivity index (χ0) is 18.0. The first-order valence-electron chi connectivity index (χ1n) is 7.42. The molecule has 2 N–H and O–H groups in total. The number of amides is 1. The molecular formula is C18H16N2O4S. The van der Waals surface area contributed by atoms with Crippen LogP contribution in [0, 0.1) is 0 Å². The summed E-state index contributed by atoms with van der Waals surface area (Å²) in [4.78, 5) is 14.1. The van der Waals surface area contributed by atoms with Crippen molar-refractivity contribution < 1.29 is 19.4 Å². The lowest BCUT2D eigenvalue weighted by atomic mass is 10.1. The number of para-hydroxylation sites is 1. The summed E-state index contributed by atoms with van der Waals surface area (Å²) >= 11 is 5.28. The standard InChI is InChI=1S/C18H16N2O4S/c1-23-13-7-4-6-12(10-13)20-17(22)14(19-18(20)25)9-11-5-3-8-15(24-2)16(11)21/h3-10,21H,1-2H3,(H,19,25)/b14-9+. The average molecular weight is 356 g/mol. The zero-order valence-corrected chi connectivity index (χ0v) is 14.5. The second-order valence-electron chi connectivity index (χ2n) is 5.23. The summed E-state index contributed by atoms with van der Waals surface area (Å²) in [5.41, 5.74) is 1.31. The normalized spacial score (nSPS) is 15.4. The number of methoxy groups -OCH3 is 2. The highest BCUT2D eigenvalue weighted by Gasteiger charge is 2.32. The van der Waals surface area contributed by atoms with E-state index in [1.807, 2.05) is 0 Å². The molecule has 7 heteroatoms. The third-order valence-electron chi connectivity index (χ3n) is 3.74. The summed E-state index contributed by atoms with van der Waals surface area (Å²) < 4.78 is 10.3. The Labute approximate surface area is 150 Å². The van der Waals surface area contributed by atoms with Gasteiger partial charge in [-0.1, -0.05) is 18.2 Å². The number of benzene rings is 2. The molecule has 1 aliphatic rings. The molecule has 1 aliphatic heterocycles. The lowest BCUT2D eigenvalue weighted by Crippen LogP contribution is -2.30. The number of aromatic hydroxyl groups is 1. The highest BCUT2D eigenvalue weighted by Crippen LogP contribution is 2.32. The molecule has 128 valence electrons. The van der Waals surface area contributed by atoms with Crippen LogP contribution in [0.25, 0.3) is 6.08 Å². The fourth-order valence-corrected chi connectivity index (χ4v) is 2.79. The molecule has 3 rings (SSSR count). The second kappa shape index (κ2) is 6.82. The molecule has 0 unspecified atom stereocenters. The third-order valence-corrected chi connectivity index (χ3v) is 4.02. The number of ether oxygens (including phenoxy) is 2. The van der Waals surface area contributed by atoms with Crippen LogP contribution in [0.4, 0.5) is 5.69 Å². The molecule has 0 bridgehead atoms. The van der Waals surface area contributed by atoms with Crippen molar-refractivity contribution in [2.24, 2.45) is 0 Å². The molecule has 1 saturated heterocycles. The summed E-state index contributed by atoms with van der Waals surface area (Å²) in [5, 5.41) is 13.3. The van der Waals surface area contributed by atoms with Crippen molar-refractivity contribution >= 4 is 35.0 Å². The van der Waals surface area contributed by atoms with E-state index in [0.717, 1.165) is 0 Å². The first kappa shape index (κ1) is 16.8. The molecular weight excluding hydrogens is 340 g/mol. The minimum atomic E-state index is -0.319. The van der Waals surface area contributed by atoms with Gasteiger partial charge in [0.1, 0.15) is 11.4 Å². The Bertz CT molecular complexity index is 879. The zero-order valence-electron chi connectivity index (χ0n) is 13.6. The summed E-state index contributed by atoms with van der Waals surface area (Å²) in [7, 11) is 3.02. The monoisotopic (exact) mass is 356 g/mol. The van der Waals surface area contributed by atoms with Crippen molar-refractivity contribution in [1.82, 2.24) is 5.32 Å². The van der Waals surface area contributed by atoms with Crippen molar-refractivity contribution in [2.75, 3.05) is 19.1 Å². The number of phenols is 1. The van der Waals surface area contributed by atoms with Gasteiger partial charge in [0, 0.05) is 11.6 Å². The van der Waals surface area contributed by atoms with E-state index < -0.39 is 0 Å². The van der Waals surface area contributed by atoms with Crippen LogP contribution in [0.15, 0.2) is 48.2 Å². The number of nitrogens with zero attached hydrogens (tertiary/aromatic N) is 1. The van der Waals surface area contributed by atoms with Crippen LogP contribution in [0.3, 0.4) is 0 Å². The molecule has 1 heterocycles. The van der Waals surface area contributed by atoms with E-state index in [0.29, 0.717) is 22.7 Å². The van der Waals surface area contributed by atoms with Gasteiger partial charge in [-0.15, -0.1) is 0 Å². The molecule has 2 aromatic carbocycles. The molecule has 0 atom stereocenters. The lowest BCUT2D eigenvalue weighted by molar-refractivity contribution is -0.113. The minimum Gasteiger partial charge on any atom is -0.504 e. The Morgan fingerprint density at radius 3 is 2.64 bits per heavy atom. The number of phenolic OH excluding ortho intramolecular Hbond substituents is 1. The van der Waals surface area contributed by atoms with Crippen LogP contribution in [0.1, 0.15) is 5.56 Å². The van der Waals surface area contributed by atoms with Gasteiger partial charge in [-0.3, -0.25) is 9.69 Å². The summed E-state index contributed by atoms with van der Waals surface area (Å²) in [6.07, 6.45) is 1.53. The van der Waals surface area contributed by atoms with Crippen LogP contribution >= 0.6 is 12.2 Å². The number of nitrogens with one attached hydrogen (secondary N) is 1. The van der Waals surface area contributed by atoms with Crippen LogP contribution in [0.2, 0.25) is 0 Å². The van der Waals surface area contributed by atoms with Gasteiger partial charge in [0.25, 0.3) is 5.91 Å². The highest BCUT2D eigenvalue weighted by atomic mass is 32.1. The number of anilines is 1. The van der Waals surface area contributed by atoms with Crippen molar-refractivity contribution in [3.8, 4) is 17.2 Å². The SMILES string of the molecule is COc1cccc(N2C(=O)/C(=C\c3cccc(OC)c3O)NC2=S)c1. The molecule has 0 aliphatic carbocycles. The Morgan fingerprint density at radius 2 is 1.92 bits per heavy atom. The maximum absolute atomic E-state index is 12.7. The Kier molecular flexibility index (Phi) is 4.58. The first-order chi connectivity index (χ1) is 12.0. The number of carbonyl (C=O) groups is 1. The van der Waals surface area contributed by atoms with Gasteiger partial charge in [0.2, 0.25) is 0 Å². The van der Waals surface area contributed by atoms with Gasteiger partial charge in [0.15, 0.2) is 16.6 Å². The van der Waals surface area contributed by atoms with Crippen molar-refractivity contribution in [2.45, 2.75) is 0 Å². The maximum Gasteiger partial charge on any atom is 0.281 e. The molecule has 6 nitrogen and oxygen atoms in total. The Hall–Kier alpha value is -3.06. The maximum atomic E-state index is 12.7.